The van der Waals surface area contributed by atoms with Gasteiger partial charge in [0.05, 0.1) is 5.56 Å². The lowest BCUT2D eigenvalue weighted by atomic mass is 10.2. The van der Waals surface area contributed by atoms with Gasteiger partial charge in [-0.3, -0.25) is 23.3 Å². The van der Waals surface area contributed by atoms with Crippen molar-refractivity contribution < 1.29 is 15.0 Å². The van der Waals surface area contributed by atoms with Crippen LogP contribution in [0.15, 0.2) is 48.4 Å². The summed E-state index contributed by atoms with van der Waals surface area (Å²) in [4.78, 5) is 48.9. The van der Waals surface area contributed by atoms with Gasteiger partial charge < -0.3 is 10.2 Å². The molecule has 0 fully saturated rings. The summed E-state index contributed by atoms with van der Waals surface area (Å²) in [5.41, 5.74) is -2.12. The second-order valence-electron chi connectivity index (χ2n) is 5.85. The first-order chi connectivity index (χ1) is 12.7. The molecule has 0 bridgehead atoms. The Labute approximate surface area is 155 Å². The van der Waals surface area contributed by atoms with E-state index in [4.69, 9.17) is 0 Å². The van der Waals surface area contributed by atoms with E-state index in [2.05, 4.69) is 0 Å². The minimum absolute atomic E-state index is 0.0264. The van der Waals surface area contributed by atoms with Crippen molar-refractivity contribution in [2.24, 2.45) is 21.1 Å². The van der Waals surface area contributed by atoms with Gasteiger partial charge in [-0.2, -0.15) is 0 Å². The molecule has 0 unspecified atom stereocenters. The topological polar surface area (TPSA) is 124 Å². The van der Waals surface area contributed by atoms with Gasteiger partial charge in [0.1, 0.15) is 15.9 Å². The van der Waals surface area contributed by atoms with Crippen LogP contribution < -0.4 is 16.8 Å². The standard InChI is InChI=1S/C17H15N3O6S/c1-18-13-10(14(22)20(3)17(26)19(13)2)11(21)12(15(18)23)27-9-7-5-4-6-8(9)16(24)25/h4-7,21H,1-3H3,(H,24,25). The summed E-state index contributed by atoms with van der Waals surface area (Å²) in [6.45, 7) is 0. The lowest BCUT2D eigenvalue weighted by Gasteiger charge is -2.15. The minimum atomic E-state index is -1.19. The van der Waals surface area contributed by atoms with Crippen LogP contribution in [0.25, 0.3) is 11.0 Å². The van der Waals surface area contributed by atoms with Gasteiger partial charge in [-0.15, -0.1) is 0 Å². The molecule has 0 spiro atoms. The van der Waals surface area contributed by atoms with Gasteiger partial charge in [-0.25, -0.2) is 9.59 Å². The molecule has 1 aromatic carbocycles. The Balaban J connectivity index is 2.41. The summed E-state index contributed by atoms with van der Waals surface area (Å²) < 4.78 is 3.01. The molecule has 10 heteroatoms. The maximum Gasteiger partial charge on any atom is 0.336 e. The summed E-state index contributed by atoms with van der Waals surface area (Å²) in [6.07, 6.45) is 0. The van der Waals surface area contributed by atoms with E-state index in [1.807, 2.05) is 0 Å². The maximum absolute atomic E-state index is 12.8. The SMILES string of the molecule is Cn1c(=O)c2c(O)c(Sc3ccccc3C(=O)O)c(=O)n(C)c2n(C)c1=O. The number of benzene rings is 1. The van der Waals surface area contributed by atoms with Crippen LogP contribution in [-0.2, 0) is 21.1 Å². The molecule has 3 rings (SSSR count). The highest BCUT2D eigenvalue weighted by Gasteiger charge is 2.23. The summed E-state index contributed by atoms with van der Waals surface area (Å²) in [5.74, 6) is -1.77. The van der Waals surface area contributed by atoms with Crippen molar-refractivity contribution in [3.8, 4) is 5.75 Å². The van der Waals surface area contributed by atoms with Gasteiger partial charge in [0.25, 0.3) is 11.1 Å². The van der Waals surface area contributed by atoms with E-state index in [0.29, 0.717) is 0 Å². The molecular weight excluding hydrogens is 374 g/mol. The van der Waals surface area contributed by atoms with Crippen LogP contribution in [-0.4, -0.2) is 29.9 Å². The second-order valence-corrected chi connectivity index (χ2v) is 6.90. The van der Waals surface area contributed by atoms with E-state index >= 15 is 0 Å². The van der Waals surface area contributed by atoms with Gasteiger partial charge in [0.2, 0.25) is 0 Å². The number of carboxylic acid groups (broad SMARTS) is 1. The molecule has 9 nitrogen and oxygen atoms in total. The molecule has 0 saturated carbocycles. The molecule has 2 heterocycles. The van der Waals surface area contributed by atoms with Crippen LogP contribution in [0.5, 0.6) is 5.75 Å². The van der Waals surface area contributed by atoms with Crippen molar-refractivity contribution in [1.29, 1.82) is 0 Å². The van der Waals surface area contributed by atoms with E-state index < -0.39 is 28.5 Å². The minimum Gasteiger partial charge on any atom is -0.506 e. The van der Waals surface area contributed by atoms with E-state index in [9.17, 15) is 29.4 Å². The zero-order valence-electron chi connectivity index (χ0n) is 14.6. The monoisotopic (exact) mass is 389 g/mol. The van der Waals surface area contributed by atoms with Crippen LogP contribution in [0.4, 0.5) is 0 Å². The van der Waals surface area contributed by atoms with Crippen LogP contribution in [0.3, 0.4) is 0 Å². The van der Waals surface area contributed by atoms with E-state index in [1.54, 1.807) is 6.07 Å². The molecule has 2 aromatic heterocycles. The lowest BCUT2D eigenvalue weighted by molar-refractivity contribution is 0.0693. The first kappa shape index (κ1) is 18.5. The molecule has 0 aliphatic rings. The Bertz CT molecular complexity index is 1290. The predicted octanol–water partition coefficient (Wildman–Crippen LogP) is 0.491. The van der Waals surface area contributed by atoms with Crippen LogP contribution in [0, 0.1) is 0 Å². The third-order valence-electron chi connectivity index (χ3n) is 4.23. The van der Waals surface area contributed by atoms with Gasteiger partial charge >= 0.3 is 11.7 Å². The zero-order valence-corrected chi connectivity index (χ0v) is 15.4. The number of pyridine rings is 1. The quantitative estimate of drug-likeness (QED) is 0.668. The molecule has 0 radical (unpaired) electrons. The van der Waals surface area contributed by atoms with Gasteiger partial charge in [0, 0.05) is 26.0 Å². The Morgan fingerprint density at radius 3 is 2.22 bits per heavy atom. The number of carboxylic acids is 1. The van der Waals surface area contributed by atoms with E-state index in [-0.39, 0.29) is 26.4 Å². The van der Waals surface area contributed by atoms with E-state index in [0.717, 1.165) is 25.5 Å². The summed E-state index contributed by atoms with van der Waals surface area (Å²) >= 11 is 0.750. The molecule has 0 aliphatic carbocycles. The fourth-order valence-corrected chi connectivity index (χ4v) is 3.89. The number of rotatable bonds is 3. The maximum atomic E-state index is 12.8. The van der Waals surface area contributed by atoms with Crippen molar-refractivity contribution in [2.75, 3.05) is 0 Å². The third kappa shape index (κ3) is 2.74. The summed E-state index contributed by atoms with van der Waals surface area (Å²) in [6, 6.07) is 6.00. The number of aromatic carboxylic acids is 1. The molecule has 0 aliphatic heterocycles. The highest BCUT2D eigenvalue weighted by Crippen LogP contribution is 2.36. The fraction of sp³-hybridized carbons (Fsp3) is 0.176. The molecule has 140 valence electrons. The van der Waals surface area contributed by atoms with Crippen LogP contribution in [0.1, 0.15) is 10.4 Å². The average Bonchev–Trinajstić information content (AvgIpc) is 2.64. The first-order valence-electron chi connectivity index (χ1n) is 7.68. The Kier molecular flexibility index (Phi) is 4.44. The Morgan fingerprint density at radius 2 is 1.59 bits per heavy atom. The van der Waals surface area contributed by atoms with Crippen LogP contribution >= 0.6 is 11.8 Å². The van der Waals surface area contributed by atoms with Crippen molar-refractivity contribution in [3.63, 3.8) is 0 Å². The smallest absolute Gasteiger partial charge is 0.336 e. The molecule has 27 heavy (non-hydrogen) atoms. The third-order valence-corrected chi connectivity index (χ3v) is 5.38. The highest BCUT2D eigenvalue weighted by atomic mass is 32.2. The molecule has 2 N–H and O–H groups in total. The van der Waals surface area contributed by atoms with E-state index in [1.165, 1.54) is 39.3 Å². The highest BCUT2D eigenvalue weighted by molar-refractivity contribution is 7.99. The number of carbonyl (C=O) groups is 1. The zero-order chi connectivity index (χ0) is 20.0. The molecule has 0 saturated heterocycles. The van der Waals surface area contributed by atoms with Gasteiger partial charge in [-0.1, -0.05) is 23.9 Å². The fourth-order valence-electron chi connectivity index (χ4n) is 2.83. The molecule has 0 atom stereocenters. The molecular formula is C17H15N3O6S. The number of fused-ring (bicyclic) bond motifs is 1. The van der Waals surface area contributed by atoms with Crippen molar-refractivity contribution in [3.05, 3.63) is 61.0 Å². The number of aromatic nitrogens is 3. The predicted molar refractivity (Wildman–Crippen MR) is 98.9 cm³/mol. The lowest BCUT2D eigenvalue weighted by Crippen LogP contribution is -2.39. The van der Waals surface area contributed by atoms with Crippen molar-refractivity contribution >= 4 is 28.8 Å². The molecule has 0 amide bonds. The Morgan fingerprint density at radius 1 is 0.963 bits per heavy atom. The number of nitrogens with zero attached hydrogens (tertiary/aromatic N) is 3. The number of aryl methyl sites for hydroxylation is 2. The Hall–Kier alpha value is -3.27. The second kappa shape index (κ2) is 6.47. The number of aromatic hydroxyl groups is 1. The summed E-state index contributed by atoms with van der Waals surface area (Å²) in [5, 5.41) is 19.8. The molecule has 3 aromatic rings. The number of hydrogen-bond donors (Lipinski definition) is 2. The van der Waals surface area contributed by atoms with Gasteiger partial charge in [-0.05, 0) is 12.1 Å². The number of hydrogen-bond acceptors (Lipinski definition) is 6. The van der Waals surface area contributed by atoms with Gasteiger partial charge in [0.15, 0.2) is 5.75 Å². The van der Waals surface area contributed by atoms with Crippen molar-refractivity contribution in [1.82, 2.24) is 13.7 Å². The average molecular weight is 389 g/mol. The largest absolute Gasteiger partial charge is 0.506 e. The van der Waals surface area contributed by atoms with Crippen LogP contribution in [0.2, 0.25) is 0 Å². The normalized spacial score (nSPS) is 11.1. The van der Waals surface area contributed by atoms with Crippen molar-refractivity contribution in [2.45, 2.75) is 9.79 Å². The summed E-state index contributed by atoms with van der Waals surface area (Å²) in [7, 11) is 4.02. The first-order valence-corrected chi connectivity index (χ1v) is 8.50.